The van der Waals surface area contributed by atoms with Crippen molar-refractivity contribution in [1.82, 2.24) is 0 Å². The molecule has 3 heterocycles. The Labute approximate surface area is 101 Å². The molecule has 3 aliphatic rings. The summed E-state index contributed by atoms with van der Waals surface area (Å²) in [6, 6.07) is 11.8. The van der Waals surface area contributed by atoms with Crippen LogP contribution in [0.3, 0.4) is 0 Å². The van der Waals surface area contributed by atoms with Crippen molar-refractivity contribution in [3.8, 4) is 0 Å². The van der Waals surface area contributed by atoms with Gasteiger partial charge < -0.3 is 14.4 Å². The van der Waals surface area contributed by atoms with Gasteiger partial charge in [-0.2, -0.15) is 0 Å². The molecule has 0 aliphatic carbocycles. The van der Waals surface area contributed by atoms with Crippen LogP contribution < -0.4 is 4.90 Å². The Kier molecular flexibility index (Phi) is 2.17. The summed E-state index contributed by atoms with van der Waals surface area (Å²) < 4.78 is 11.0. The van der Waals surface area contributed by atoms with Gasteiger partial charge in [-0.15, -0.1) is 0 Å². The lowest BCUT2D eigenvalue weighted by atomic mass is 10.1. The lowest BCUT2D eigenvalue weighted by Crippen LogP contribution is -2.41. The van der Waals surface area contributed by atoms with Crippen molar-refractivity contribution in [3.63, 3.8) is 0 Å². The van der Waals surface area contributed by atoms with Gasteiger partial charge in [0.25, 0.3) is 0 Å². The third-order valence-corrected chi connectivity index (χ3v) is 4.10. The monoisotopic (exact) mass is 231 g/mol. The quantitative estimate of drug-likeness (QED) is 0.743. The van der Waals surface area contributed by atoms with Crippen LogP contribution in [-0.2, 0) is 9.47 Å². The maximum absolute atomic E-state index is 5.51. The Morgan fingerprint density at radius 2 is 1.41 bits per heavy atom. The molecule has 3 nitrogen and oxygen atoms in total. The fourth-order valence-electron chi connectivity index (χ4n) is 3.13. The van der Waals surface area contributed by atoms with Gasteiger partial charge in [-0.05, 0) is 25.0 Å². The molecule has 17 heavy (non-hydrogen) atoms. The highest BCUT2D eigenvalue weighted by molar-refractivity contribution is 5.50. The van der Waals surface area contributed by atoms with E-state index in [1.165, 1.54) is 18.5 Å². The summed E-state index contributed by atoms with van der Waals surface area (Å²) >= 11 is 0. The number of nitrogens with zero attached hydrogens (tertiary/aromatic N) is 1. The van der Waals surface area contributed by atoms with E-state index >= 15 is 0 Å². The van der Waals surface area contributed by atoms with E-state index in [-0.39, 0.29) is 0 Å². The van der Waals surface area contributed by atoms with E-state index in [9.17, 15) is 0 Å². The van der Waals surface area contributed by atoms with Gasteiger partial charge in [0.15, 0.2) is 0 Å². The molecule has 4 rings (SSSR count). The number of benzene rings is 1. The number of rotatable bonds is 3. The van der Waals surface area contributed by atoms with Crippen LogP contribution in [0.2, 0.25) is 0 Å². The first-order chi connectivity index (χ1) is 8.43. The fraction of sp³-hybridized carbons (Fsp3) is 0.571. The average molecular weight is 231 g/mol. The highest BCUT2D eigenvalue weighted by Gasteiger charge is 2.49. The van der Waals surface area contributed by atoms with E-state index < -0.39 is 0 Å². The zero-order valence-electron chi connectivity index (χ0n) is 9.79. The van der Waals surface area contributed by atoms with Crippen molar-refractivity contribution in [1.29, 1.82) is 0 Å². The van der Waals surface area contributed by atoms with Crippen molar-refractivity contribution in [2.24, 2.45) is 0 Å². The van der Waals surface area contributed by atoms with Crippen molar-refractivity contribution in [2.45, 2.75) is 37.1 Å². The molecule has 0 saturated carbocycles. The van der Waals surface area contributed by atoms with Gasteiger partial charge in [-0.1, -0.05) is 18.2 Å². The summed E-state index contributed by atoms with van der Waals surface area (Å²) in [4.78, 5) is 2.55. The van der Waals surface area contributed by atoms with Gasteiger partial charge in [-0.25, -0.2) is 0 Å². The highest BCUT2D eigenvalue weighted by Crippen LogP contribution is 2.40. The zero-order valence-corrected chi connectivity index (χ0v) is 9.79. The second-order valence-corrected chi connectivity index (χ2v) is 5.20. The van der Waals surface area contributed by atoms with Crippen LogP contribution in [0.5, 0.6) is 0 Å². The molecule has 1 aromatic carbocycles. The minimum absolute atomic E-state index is 0.457. The molecule has 3 fully saturated rings. The van der Waals surface area contributed by atoms with Crippen molar-refractivity contribution in [2.75, 3.05) is 18.1 Å². The zero-order chi connectivity index (χ0) is 11.2. The van der Waals surface area contributed by atoms with Crippen molar-refractivity contribution in [3.05, 3.63) is 30.3 Å². The molecule has 3 heteroatoms. The Balaban J connectivity index is 1.66. The molecule has 3 aliphatic heterocycles. The van der Waals surface area contributed by atoms with E-state index in [1.54, 1.807) is 0 Å². The molecular weight excluding hydrogens is 214 g/mol. The smallest absolute Gasteiger partial charge is 0.101 e. The van der Waals surface area contributed by atoms with Crippen LogP contribution in [0.1, 0.15) is 12.8 Å². The standard InChI is InChI=1S/C14H17NO2/c1-2-4-10(5-3-1)15-11(13-8-16-13)6-7-12(15)14-9-17-14/h1-5,11-14H,6-9H2. The van der Waals surface area contributed by atoms with Crippen molar-refractivity contribution >= 4 is 5.69 Å². The van der Waals surface area contributed by atoms with Crippen LogP contribution in [0.15, 0.2) is 30.3 Å². The predicted molar refractivity (Wildman–Crippen MR) is 65.2 cm³/mol. The van der Waals surface area contributed by atoms with E-state index in [0.717, 1.165) is 13.2 Å². The molecule has 4 unspecified atom stereocenters. The Morgan fingerprint density at radius 1 is 0.882 bits per heavy atom. The summed E-state index contributed by atoms with van der Waals surface area (Å²) in [6.45, 7) is 1.87. The molecule has 0 spiro atoms. The highest BCUT2D eigenvalue weighted by atomic mass is 16.6. The molecule has 0 bridgehead atoms. The molecule has 0 amide bonds. The normalized spacial score (nSPS) is 39.4. The van der Waals surface area contributed by atoms with Crippen LogP contribution in [0.4, 0.5) is 5.69 Å². The first kappa shape index (κ1) is 9.92. The number of epoxide rings is 2. The molecule has 0 N–H and O–H groups in total. The van der Waals surface area contributed by atoms with Crippen LogP contribution in [0, 0.1) is 0 Å². The van der Waals surface area contributed by atoms with Crippen LogP contribution in [-0.4, -0.2) is 37.5 Å². The molecule has 1 aromatic rings. The lowest BCUT2D eigenvalue weighted by molar-refractivity contribution is 0.354. The second-order valence-electron chi connectivity index (χ2n) is 5.20. The number of para-hydroxylation sites is 1. The Bertz CT molecular complexity index is 380. The van der Waals surface area contributed by atoms with E-state index in [4.69, 9.17) is 9.47 Å². The molecule has 4 atom stereocenters. The van der Waals surface area contributed by atoms with Crippen LogP contribution in [0.25, 0.3) is 0 Å². The summed E-state index contributed by atoms with van der Waals surface area (Å²) in [7, 11) is 0. The van der Waals surface area contributed by atoms with E-state index in [1.807, 2.05) is 0 Å². The molecule has 3 saturated heterocycles. The first-order valence-electron chi connectivity index (χ1n) is 6.50. The topological polar surface area (TPSA) is 28.3 Å². The number of ether oxygens (including phenoxy) is 2. The van der Waals surface area contributed by atoms with Gasteiger partial charge >= 0.3 is 0 Å². The van der Waals surface area contributed by atoms with Crippen LogP contribution >= 0.6 is 0 Å². The maximum atomic E-state index is 5.51. The number of hydrogen-bond donors (Lipinski definition) is 0. The molecular formula is C14H17NO2. The predicted octanol–water partition coefficient (Wildman–Crippen LogP) is 1.82. The third kappa shape index (κ3) is 1.74. The van der Waals surface area contributed by atoms with E-state index in [2.05, 4.69) is 35.2 Å². The maximum Gasteiger partial charge on any atom is 0.101 e. The Hall–Kier alpha value is -1.06. The average Bonchev–Trinajstić information content (AvgIpc) is 3.29. The van der Waals surface area contributed by atoms with Gasteiger partial charge in [0.05, 0.1) is 25.3 Å². The minimum Gasteiger partial charge on any atom is -0.371 e. The summed E-state index contributed by atoms with van der Waals surface area (Å²) in [5.41, 5.74) is 1.33. The minimum atomic E-state index is 0.457. The fourth-order valence-corrected chi connectivity index (χ4v) is 3.13. The van der Waals surface area contributed by atoms with Gasteiger partial charge in [0, 0.05) is 5.69 Å². The molecule has 0 aromatic heterocycles. The lowest BCUT2D eigenvalue weighted by Gasteiger charge is -2.31. The van der Waals surface area contributed by atoms with Gasteiger partial charge in [0.2, 0.25) is 0 Å². The number of hydrogen-bond acceptors (Lipinski definition) is 3. The molecule has 0 radical (unpaired) electrons. The SMILES string of the molecule is c1ccc(N2C(C3CO3)CCC2C2CO2)cc1. The van der Waals surface area contributed by atoms with E-state index in [0.29, 0.717) is 24.3 Å². The Morgan fingerprint density at radius 3 is 1.88 bits per heavy atom. The first-order valence-corrected chi connectivity index (χ1v) is 6.50. The summed E-state index contributed by atoms with van der Waals surface area (Å²) in [6.07, 6.45) is 3.40. The van der Waals surface area contributed by atoms with Gasteiger partial charge in [0.1, 0.15) is 12.2 Å². The largest absolute Gasteiger partial charge is 0.371 e. The molecule has 90 valence electrons. The summed E-state index contributed by atoms with van der Waals surface area (Å²) in [5, 5.41) is 0. The van der Waals surface area contributed by atoms with Gasteiger partial charge in [-0.3, -0.25) is 0 Å². The summed E-state index contributed by atoms with van der Waals surface area (Å²) in [5.74, 6) is 0. The second kappa shape index (κ2) is 3.72. The van der Waals surface area contributed by atoms with Crippen molar-refractivity contribution < 1.29 is 9.47 Å². The third-order valence-electron chi connectivity index (χ3n) is 4.10. The number of anilines is 1.